The topological polar surface area (TPSA) is 29.5 Å². The van der Waals surface area contributed by atoms with Crippen molar-refractivity contribution >= 4 is 9.04 Å². The van der Waals surface area contributed by atoms with Crippen molar-refractivity contribution in [2.45, 2.75) is 72.3 Å². The monoisotopic (exact) mass is 308 g/mol. The minimum atomic E-state index is -1.21. The Kier molecular flexibility index (Phi) is 5.81. The molecule has 0 spiro atoms. The lowest BCUT2D eigenvalue weighted by molar-refractivity contribution is -0.0299. The predicted molar refractivity (Wildman–Crippen MR) is 93.3 cm³/mol. The molecule has 1 aromatic carbocycles. The first-order valence-corrected chi connectivity index (χ1v) is 10.6. The molecule has 3 heteroatoms. The van der Waals surface area contributed by atoms with Crippen molar-refractivity contribution in [2.75, 3.05) is 0 Å². The van der Waals surface area contributed by atoms with Crippen molar-refractivity contribution < 1.29 is 9.53 Å². The van der Waals surface area contributed by atoms with Crippen molar-refractivity contribution in [1.82, 2.24) is 0 Å². The summed E-state index contributed by atoms with van der Waals surface area (Å²) in [5.74, 6) is 0. The van der Waals surface area contributed by atoms with Gasteiger partial charge in [-0.25, -0.2) is 0 Å². The van der Waals surface area contributed by atoms with E-state index >= 15 is 0 Å². The Morgan fingerprint density at radius 1 is 0.952 bits per heavy atom. The zero-order valence-electron chi connectivity index (χ0n) is 14.9. The van der Waals surface area contributed by atoms with Crippen LogP contribution in [0.25, 0.3) is 0 Å². The van der Waals surface area contributed by atoms with E-state index in [2.05, 4.69) is 66.8 Å². The summed E-state index contributed by atoms with van der Waals surface area (Å²) in [6, 6.07) is 8.31. The van der Waals surface area contributed by atoms with Crippen LogP contribution in [0.15, 0.2) is 24.3 Å². The molecule has 0 heterocycles. The summed E-state index contributed by atoms with van der Waals surface area (Å²) in [6.07, 6.45) is -0.737. The van der Waals surface area contributed by atoms with Gasteiger partial charge in [-0.05, 0) is 35.1 Å². The maximum absolute atomic E-state index is 10.8. The van der Waals surface area contributed by atoms with E-state index in [1.807, 2.05) is 12.1 Å². The molecule has 1 rings (SSSR count). The van der Waals surface area contributed by atoms with E-state index in [9.17, 15) is 5.11 Å². The van der Waals surface area contributed by atoms with E-state index < -0.39 is 15.1 Å². The molecular formula is C18H32O2Si. The molecule has 120 valence electrons. The molecule has 0 aromatic heterocycles. The largest absolute Gasteiger partial charge is 0.414 e. The second-order valence-electron chi connectivity index (χ2n) is 8.29. The Hall–Kier alpha value is -0.643. The summed E-state index contributed by atoms with van der Waals surface area (Å²) in [4.78, 5) is 0. The van der Waals surface area contributed by atoms with Crippen molar-refractivity contribution in [3.8, 4) is 0 Å². The Balaban J connectivity index is 3.01. The van der Waals surface area contributed by atoms with Crippen LogP contribution in [0.1, 0.15) is 58.8 Å². The normalized spacial score (nSPS) is 16.1. The Morgan fingerprint density at radius 2 is 1.43 bits per heavy atom. The minimum Gasteiger partial charge on any atom is -0.414 e. The second kappa shape index (κ2) is 6.63. The second-order valence-corrected chi connectivity index (χ2v) is 10.7. The molecule has 0 aliphatic heterocycles. The Labute approximate surface area is 132 Å². The first-order chi connectivity index (χ1) is 9.43. The van der Waals surface area contributed by atoms with Crippen molar-refractivity contribution in [3.63, 3.8) is 0 Å². The molecule has 0 radical (unpaired) electrons. The van der Waals surface area contributed by atoms with Gasteiger partial charge in [0.15, 0.2) is 9.04 Å². The highest BCUT2D eigenvalue weighted by molar-refractivity contribution is 6.48. The zero-order chi connectivity index (χ0) is 16.4. The lowest BCUT2D eigenvalue weighted by Gasteiger charge is -2.36. The number of hydrogen-bond donors (Lipinski definition) is 1. The van der Waals surface area contributed by atoms with Crippen molar-refractivity contribution in [1.29, 1.82) is 0 Å². The van der Waals surface area contributed by atoms with Crippen LogP contribution in [0.2, 0.25) is 13.1 Å². The molecule has 0 amide bonds. The molecule has 0 aliphatic carbocycles. The van der Waals surface area contributed by atoms with Crippen LogP contribution in [0, 0.1) is 5.41 Å². The van der Waals surface area contributed by atoms with E-state index in [0.29, 0.717) is 0 Å². The number of hydrogen-bond acceptors (Lipinski definition) is 2. The fourth-order valence-corrected chi connectivity index (χ4v) is 3.54. The van der Waals surface area contributed by atoms with Gasteiger partial charge in [0, 0.05) is 0 Å². The Bertz CT molecular complexity index is 438. The van der Waals surface area contributed by atoms with E-state index in [-0.39, 0.29) is 16.9 Å². The third kappa shape index (κ3) is 5.24. The van der Waals surface area contributed by atoms with Crippen LogP contribution in [0.5, 0.6) is 0 Å². The fourth-order valence-electron chi connectivity index (χ4n) is 2.40. The molecule has 21 heavy (non-hydrogen) atoms. The lowest BCUT2D eigenvalue weighted by atomic mass is 9.82. The molecule has 1 N–H and O–H groups in total. The molecular weight excluding hydrogens is 276 g/mol. The molecule has 2 unspecified atom stereocenters. The summed E-state index contributed by atoms with van der Waals surface area (Å²) in [6.45, 7) is 17.3. The van der Waals surface area contributed by atoms with Gasteiger partial charge in [-0.15, -0.1) is 0 Å². The third-order valence-corrected chi connectivity index (χ3v) is 4.51. The molecule has 1 aromatic rings. The maximum Gasteiger partial charge on any atom is 0.171 e. The number of rotatable bonds is 4. The first-order valence-electron chi connectivity index (χ1n) is 7.87. The summed E-state index contributed by atoms with van der Waals surface area (Å²) in [5.41, 5.74) is 2.27. The predicted octanol–water partition coefficient (Wildman–Crippen LogP) is 4.43. The van der Waals surface area contributed by atoms with Crippen LogP contribution in [-0.4, -0.2) is 20.3 Å². The molecule has 0 aliphatic rings. The van der Waals surface area contributed by atoms with E-state index in [0.717, 1.165) is 5.56 Å². The van der Waals surface area contributed by atoms with Crippen LogP contribution >= 0.6 is 0 Å². The van der Waals surface area contributed by atoms with Gasteiger partial charge < -0.3 is 9.53 Å². The first kappa shape index (κ1) is 18.4. The maximum atomic E-state index is 10.8. The average Bonchev–Trinajstić information content (AvgIpc) is 2.33. The van der Waals surface area contributed by atoms with Gasteiger partial charge in [0.05, 0.1) is 6.10 Å². The van der Waals surface area contributed by atoms with Crippen LogP contribution in [-0.2, 0) is 9.84 Å². The van der Waals surface area contributed by atoms with E-state index in [4.69, 9.17) is 4.43 Å². The minimum absolute atomic E-state index is 0.0839. The molecule has 2 nitrogen and oxygen atoms in total. The number of aliphatic hydroxyl groups excluding tert-OH is 1. The van der Waals surface area contributed by atoms with Gasteiger partial charge >= 0.3 is 0 Å². The zero-order valence-corrected chi connectivity index (χ0v) is 16.1. The smallest absolute Gasteiger partial charge is 0.171 e. The molecule has 0 saturated carbocycles. The van der Waals surface area contributed by atoms with Gasteiger partial charge in [-0.1, -0.05) is 65.8 Å². The standard InChI is InChI=1S/C18H32O2Si/c1-17(2,3)14-11-9-13(10-12-14)15(19)16(18(4,5)6)20-21(7)8/h9-12,15-16,19,21H,1-8H3. The summed E-state index contributed by atoms with van der Waals surface area (Å²) in [7, 11) is -1.21. The summed E-state index contributed by atoms with van der Waals surface area (Å²) in [5, 5.41) is 10.8. The van der Waals surface area contributed by atoms with Gasteiger partial charge in [0.2, 0.25) is 0 Å². The van der Waals surface area contributed by atoms with Crippen LogP contribution in [0.3, 0.4) is 0 Å². The third-order valence-electron chi connectivity index (χ3n) is 3.68. The summed E-state index contributed by atoms with van der Waals surface area (Å²) < 4.78 is 6.12. The molecule has 0 bridgehead atoms. The Morgan fingerprint density at radius 3 is 1.76 bits per heavy atom. The SMILES string of the molecule is C[SiH](C)OC(C(O)c1ccc(C(C)(C)C)cc1)C(C)(C)C. The number of benzene rings is 1. The summed E-state index contributed by atoms with van der Waals surface area (Å²) >= 11 is 0. The van der Waals surface area contributed by atoms with E-state index in [1.54, 1.807) is 0 Å². The lowest BCUT2D eigenvalue weighted by Crippen LogP contribution is -2.38. The molecule has 2 atom stereocenters. The quantitative estimate of drug-likeness (QED) is 0.834. The van der Waals surface area contributed by atoms with Crippen LogP contribution in [0.4, 0.5) is 0 Å². The van der Waals surface area contributed by atoms with Gasteiger partial charge in [-0.2, -0.15) is 0 Å². The highest BCUT2D eigenvalue weighted by atomic mass is 28.3. The van der Waals surface area contributed by atoms with Crippen molar-refractivity contribution in [2.24, 2.45) is 5.41 Å². The van der Waals surface area contributed by atoms with Crippen molar-refractivity contribution in [3.05, 3.63) is 35.4 Å². The average molecular weight is 309 g/mol. The van der Waals surface area contributed by atoms with Gasteiger partial charge in [0.25, 0.3) is 0 Å². The number of aliphatic hydroxyl groups is 1. The van der Waals surface area contributed by atoms with Gasteiger partial charge in [0.1, 0.15) is 6.10 Å². The highest BCUT2D eigenvalue weighted by Crippen LogP contribution is 2.34. The van der Waals surface area contributed by atoms with Gasteiger partial charge in [-0.3, -0.25) is 0 Å². The fraction of sp³-hybridized carbons (Fsp3) is 0.667. The highest BCUT2D eigenvalue weighted by Gasteiger charge is 2.33. The molecule has 0 fully saturated rings. The van der Waals surface area contributed by atoms with Crippen LogP contribution < -0.4 is 0 Å². The van der Waals surface area contributed by atoms with E-state index in [1.165, 1.54) is 5.56 Å². The molecule has 0 saturated heterocycles.